The summed E-state index contributed by atoms with van der Waals surface area (Å²) in [5.74, 6) is 1.11. The van der Waals surface area contributed by atoms with Crippen LogP contribution in [-0.4, -0.2) is 23.2 Å². The number of hydrogen-bond donors (Lipinski definition) is 0. The normalized spacial score (nSPS) is 9.80. The van der Waals surface area contributed by atoms with Gasteiger partial charge in [-0.3, -0.25) is 0 Å². The van der Waals surface area contributed by atoms with E-state index >= 15 is 0 Å². The van der Waals surface area contributed by atoms with Crippen LogP contribution >= 0.6 is 0 Å². The Labute approximate surface area is 118 Å². The van der Waals surface area contributed by atoms with E-state index in [9.17, 15) is 0 Å². The van der Waals surface area contributed by atoms with Crippen LogP contribution in [0, 0.1) is 0 Å². The van der Waals surface area contributed by atoms with Gasteiger partial charge in [0.25, 0.3) is 0 Å². The highest BCUT2D eigenvalue weighted by atomic mass is 16.5. The van der Waals surface area contributed by atoms with Crippen LogP contribution in [0.2, 0.25) is 0 Å². The minimum atomic E-state index is 0.396. The van der Waals surface area contributed by atoms with Crippen molar-refractivity contribution >= 4 is 12.2 Å². The third-order valence-electron chi connectivity index (χ3n) is 2.49. The van der Waals surface area contributed by atoms with E-state index in [1.165, 1.54) is 0 Å². The third kappa shape index (κ3) is 3.95. The second-order valence-corrected chi connectivity index (χ2v) is 3.91. The molecule has 0 aliphatic heterocycles. The summed E-state index contributed by atoms with van der Waals surface area (Å²) < 4.78 is 11.0. The number of hydrogen-bond acceptors (Lipinski definition) is 4. The Morgan fingerprint density at radius 1 is 0.800 bits per heavy atom. The first-order valence-corrected chi connectivity index (χ1v) is 6.26. The first-order chi connectivity index (χ1) is 9.81. The van der Waals surface area contributed by atoms with Gasteiger partial charge in [0, 0.05) is 12.1 Å². The molecule has 0 saturated carbocycles. The maximum Gasteiger partial charge on any atom is 0.213 e. The van der Waals surface area contributed by atoms with Crippen LogP contribution in [0.3, 0.4) is 0 Å². The van der Waals surface area contributed by atoms with Gasteiger partial charge >= 0.3 is 0 Å². The van der Waals surface area contributed by atoms with E-state index in [1.807, 2.05) is 24.3 Å². The molecule has 2 aromatic rings. The predicted octanol–water partition coefficient (Wildman–Crippen LogP) is 3.22. The summed E-state index contributed by atoms with van der Waals surface area (Å²) in [6.07, 6.45) is 3.35. The van der Waals surface area contributed by atoms with Gasteiger partial charge in [-0.1, -0.05) is 25.3 Å². The monoisotopic (exact) mass is 268 g/mol. The molecular formula is C16H16N2O2. The fraction of sp³-hybridized carbons (Fsp3) is 0.125. The van der Waals surface area contributed by atoms with E-state index in [0.29, 0.717) is 25.0 Å². The first-order valence-electron chi connectivity index (χ1n) is 6.26. The fourth-order valence-electron chi connectivity index (χ4n) is 1.54. The Morgan fingerprint density at radius 3 is 1.65 bits per heavy atom. The fourth-order valence-corrected chi connectivity index (χ4v) is 1.54. The zero-order valence-electron chi connectivity index (χ0n) is 11.2. The molecule has 0 amide bonds. The molecule has 4 nitrogen and oxygen atoms in total. The lowest BCUT2D eigenvalue weighted by Gasteiger charge is -2.07. The molecule has 102 valence electrons. The maximum atomic E-state index is 5.49. The molecule has 0 aromatic carbocycles. The topological polar surface area (TPSA) is 44.2 Å². The molecular weight excluding hydrogens is 252 g/mol. The zero-order valence-corrected chi connectivity index (χ0v) is 11.2. The summed E-state index contributed by atoms with van der Waals surface area (Å²) >= 11 is 0. The standard InChI is InChI=1S/C16H16N2O2/c1-3-13-7-5-9-15(17-13)19-11-12-20-16-10-6-8-14(4-2)18-16/h3-10H,1-2,11-12H2. The average Bonchev–Trinajstić information content (AvgIpc) is 2.52. The molecule has 0 aliphatic rings. The van der Waals surface area contributed by atoms with Gasteiger partial charge in [0.05, 0.1) is 11.4 Å². The Bertz CT molecular complexity index is 543. The van der Waals surface area contributed by atoms with Gasteiger partial charge in [-0.2, -0.15) is 0 Å². The van der Waals surface area contributed by atoms with E-state index < -0.39 is 0 Å². The van der Waals surface area contributed by atoms with Crippen LogP contribution in [0.25, 0.3) is 12.2 Å². The Hall–Kier alpha value is -2.62. The van der Waals surface area contributed by atoms with Gasteiger partial charge in [0.1, 0.15) is 13.2 Å². The molecule has 0 fully saturated rings. The molecule has 0 spiro atoms. The Balaban J connectivity index is 1.80. The largest absolute Gasteiger partial charge is 0.474 e. The smallest absolute Gasteiger partial charge is 0.213 e. The van der Waals surface area contributed by atoms with Crippen molar-refractivity contribution in [3.63, 3.8) is 0 Å². The van der Waals surface area contributed by atoms with Gasteiger partial charge in [-0.15, -0.1) is 0 Å². The summed E-state index contributed by atoms with van der Waals surface area (Å²) in [4.78, 5) is 8.48. The number of aromatic nitrogens is 2. The number of ether oxygens (including phenoxy) is 2. The van der Waals surface area contributed by atoms with Crippen LogP contribution in [0.5, 0.6) is 11.8 Å². The van der Waals surface area contributed by atoms with Crippen LogP contribution in [0.15, 0.2) is 49.6 Å². The van der Waals surface area contributed by atoms with Crippen LogP contribution < -0.4 is 9.47 Å². The van der Waals surface area contributed by atoms with Crippen molar-refractivity contribution in [3.05, 3.63) is 60.9 Å². The SMILES string of the molecule is C=Cc1cccc(OCCOc2cccc(C=C)n2)n1. The molecule has 0 bridgehead atoms. The van der Waals surface area contributed by atoms with Crippen molar-refractivity contribution in [1.82, 2.24) is 9.97 Å². The van der Waals surface area contributed by atoms with E-state index in [2.05, 4.69) is 23.1 Å². The average molecular weight is 268 g/mol. The highest BCUT2D eigenvalue weighted by Crippen LogP contribution is 2.10. The first kappa shape index (κ1) is 13.8. The lowest BCUT2D eigenvalue weighted by atomic mass is 10.3. The summed E-state index contributed by atoms with van der Waals surface area (Å²) in [5.41, 5.74) is 1.56. The van der Waals surface area contributed by atoms with Crippen molar-refractivity contribution in [1.29, 1.82) is 0 Å². The van der Waals surface area contributed by atoms with Gasteiger partial charge in [-0.05, 0) is 24.3 Å². The number of pyridine rings is 2. The summed E-state index contributed by atoms with van der Waals surface area (Å²) in [6.45, 7) is 8.12. The van der Waals surface area contributed by atoms with E-state index in [0.717, 1.165) is 11.4 Å². The van der Waals surface area contributed by atoms with Crippen LogP contribution in [0.1, 0.15) is 11.4 Å². The van der Waals surface area contributed by atoms with Crippen molar-refractivity contribution in [2.24, 2.45) is 0 Å². The summed E-state index contributed by atoms with van der Waals surface area (Å²) in [5, 5.41) is 0. The van der Waals surface area contributed by atoms with Crippen molar-refractivity contribution in [2.45, 2.75) is 0 Å². The third-order valence-corrected chi connectivity index (χ3v) is 2.49. The van der Waals surface area contributed by atoms with E-state index in [1.54, 1.807) is 24.3 Å². The quantitative estimate of drug-likeness (QED) is 0.723. The second-order valence-electron chi connectivity index (χ2n) is 3.91. The van der Waals surface area contributed by atoms with E-state index in [-0.39, 0.29) is 0 Å². The number of rotatable bonds is 7. The van der Waals surface area contributed by atoms with Crippen molar-refractivity contribution in [2.75, 3.05) is 13.2 Å². The lowest BCUT2D eigenvalue weighted by molar-refractivity contribution is 0.207. The van der Waals surface area contributed by atoms with Crippen molar-refractivity contribution in [3.8, 4) is 11.8 Å². The van der Waals surface area contributed by atoms with Gasteiger partial charge in [-0.25, -0.2) is 9.97 Å². The molecule has 0 aliphatic carbocycles. The van der Waals surface area contributed by atoms with Crippen LogP contribution in [0.4, 0.5) is 0 Å². The Morgan fingerprint density at radius 2 is 1.25 bits per heavy atom. The van der Waals surface area contributed by atoms with Gasteiger partial charge in [0.2, 0.25) is 11.8 Å². The molecule has 2 rings (SSSR count). The minimum Gasteiger partial charge on any atom is -0.474 e. The minimum absolute atomic E-state index is 0.396. The zero-order chi connectivity index (χ0) is 14.2. The molecule has 20 heavy (non-hydrogen) atoms. The highest BCUT2D eigenvalue weighted by Gasteiger charge is 1.99. The van der Waals surface area contributed by atoms with E-state index in [4.69, 9.17) is 9.47 Å². The van der Waals surface area contributed by atoms with Gasteiger partial charge < -0.3 is 9.47 Å². The van der Waals surface area contributed by atoms with Crippen LogP contribution in [-0.2, 0) is 0 Å². The highest BCUT2D eigenvalue weighted by molar-refractivity contribution is 5.42. The predicted molar refractivity (Wildman–Crippen MR) is 79.6 cm³/mol. The van der Waals surface area contributed by atoms with Gasteiger partial charge in [0.15, 0.2) is 0 Å². The molecule has 0 radical (unpaired) electrons. The lowest BCUT2D eigenvalue weighted by Crippen LogP contribution is -2.10. The Kier molecular flexibility index (Phi) is 4.89. The molecule has 2 heterocycles. The molecule has 4 heteroatoms. The second kappa shape index (κ2) is 7.09. The molecule has 2 aromatic heterocycles. The number of nitrogens with zero attached hydrogens (tertiary/aromatic N) is 2. The molecule has 0 saturated heterocycles. The summed E-state index contributed by atoms with van der Waals surface area (Å²) in [7, 11) is 0. The molecule has 0 N–H and O–H groups in total. The maximum absolute atomic E-state index is 5.49. The molecule has 0 unspecified atom stereocenters. The van der Waals surface area contributed by atoms with Crippen molar-refractivity contribution < 1.29 is 9.47 Å². The molecule has 0 atom stereocenters. The summed E-state index contributed by atoms with van der Waals surface area (Å²) in [6, 6.07) is 11.1.